The topological polar surface area (TPSA) is 40.5 Å². The smallest absolute Gasteiger partial charge is 0.345 e. The number of carbonyl (C=O) groups excluding carboxylic acids is 1. The minimum atomic E-state index is -5.36. The standard InChI is InChI=1S/C16H11F6NO3/c17-15(18,19)10-8-23(13(24)9-4-2-1-3-5-9)12(11(10)16(20,21)22)14-25-6-7-26-14/h1-5,8,14H,6-7H2. The number of alkyl halides is 6. The molecule has 0 saturated carbocycles. The largest absolute Gasteiger partial charge is 0.418 e. The number of hydrogen-bond acceptors (Lipinski definition) is 3. The van der Waals surface area contributed by atoms with Crippen LogP contribution in [-0.4, -0.2) is 23.7 Å². The zero-order chi connectivity index (χ0) is 19.1. The fourth-order valence-corrected chi connectivity index (χ4v) is 2.67. The monoisotopic (exact) mass is 379 g/mol. The fourth-order valence-electron chi connectivity index (χ4n) is 2.67. The summed E-state index contributed by atoms with van der Waals surface area (Å²) in [6.45, 7) is -0.206. The quantitative estimate of drug-likeness (QED) is 0.733. The van der Waals surface area contributed by atoms with Gasteiger partial charge in [0.1, 0.15) is 0 Å². The summed E-state index contributed by atoms with van der Waals surface area (Å²) in [6.07, 6.45) is -12.3. The second kappa shape index (κ2) is 6.44. The van der Waals surface area contributed by atoms with Gasteiger partial charge < -0.3 is 9.47 Å². The first-order valence-electron chi connectivity index (χ1n) is 7.33. The Hall–Kier alpha value is -2.33. The molecule has 0 N–H and O–H groups in total. The van der Waals surface area contributed by atoms with Crippen molar-refractivity contribution in [3.05, 3.63) is 58.9 Å². The Morgan fingerprint density at radius 1 is 0.962 bits per heavy atom. The second-order valence-corrected chi connectivity index (χ2v) is 5.41. The summed E-state index contributed by atoms with van der Waals surface area (Å²) in [5.74, 6) is -1.05. The summed E-state index contributed by atoms with van der Waals surface area (Å²) in [4.78, 5) is 12.6. The van der Waals surface area contributed by atoms with E-state index in [2.05, 4.69) is 0 Å². The third-order valence-electron chi connectivity index (χ3n) is 3.72. The highest BCUT2D eigenvalue weighted by molar-refractivity contribution is 5.96. The van der Waals surface area contributed by atoms with Crippen molar-refractivity contribution < 1.29 is 40.6 Å². The number of rotatable bonds is 2. The molecule has 0 amide bonds. The van der Waals surface area contributed by atoms with Gasteiger partial charge in [0.15, 0.2) is 6.29 Å². The first kappa shape index (κ1) is 18.5. The van der Waals surface area contributed by atoms with Gasteiger partial charge in [-0.05, 0) is 12.1 Å². The summed E-state index contributed by atoms with van der Waals surface area (Å²) in [7, 11) is 0. The van der Waals surface area contributed by atoms with Crippen LogP contribution in [0.2, 0.25) is 0 Å². The summed E-state index contributed by atoms with van der Waals surface area (Å²) < 4.78 is 90.2. The molecule has 1 aromatic carbocycles. The van der Waals surface area contributed by atoms with Crippen LogP contribution >= 0.6 is 0 Å². The number of benzene rings is 1. The molecule has 10 heteroatoms. The van der Waals surface area contributed by atoms with Crippen molar-refractivity contribution in [3.8, 4) is 0 Å². The van der Waals surface area contributed by atoms with E-state index >= 15 is 0 Å². The van der Waals surface area contributed by atoms with Gasteiger partial charge in [0.05, 0.1) is 30.0 Å². The zero-order valence-corrected chi connectivity index (χ0v) is 12.9. The van der Waals surface area contributed by atoms with Gasteiger partial charge in [0.25, 0.3) is 5.91 Å². The van der Waals surface area contributed by atoms with Crippen LogP contribution in [0.4, 0.5) is 26.3 Å². The summed E-state index contributed by atoms with van der Waals surface area (Å²) >= 11 is 0. The van der Waals surface area contributed by atoms with E-state index in [0.29, 0.717) is 4.57 Å². The molecular weight excluding hydrogens is 368 g/mol. The van der Waals surface area contributed by atoms with Gasteiger partial charge in [-0.2, -0.15) is 26.3 Å². The molecule has 0 bridgehead atoms. The highest BCUT2D eigenvalue weighted by Crippen LogP contribution is 2.46. The molecule has 3 rings (SSSR count). The summed E-state index contributed by atoms with van der Waals surface area (Å²) in [6, 6.07) is 6.99. The van der Waals surface area contributed by atoms with Gasteiger partial charge >= 0.3 is 12.4 Å². The molecule has 0 aliphatic carbocycles. The van der Waals surface area contributed by atoms with Crippen molar-refractivity contribution in [3.63, 3.8) is 0 Å². The lowest BCUT2D eigenvalue weighted by Crippen LogP contribution is -2.21. The van der Waals surface area contributed by atoms with Gasteiger partial charge in [0.2, 0.25) is 0 Å². The van der Waals surface area contributed by atoms with Gasteiger partial charge in [0, 0.05) is 11.8 Å². The number of aromatic nitrogens is 1. The van der Waals surface area contributed by atoms with Crippen LogP contribution in [-0.2, 0) is 21.8 Å². The van der Waals surface area contributed by atoms with E-state index in [1.165, 1.54) is 24.3 Å². The molecule has 2 heterocycles. The van der Waals surface area contributed by atoms with Gasteiger partial charge in [-0.25, -0.2) is 0 Å². The third-order valence-corrected chi connectivity index (χ3v) is 3.72. The molecule has 0 spiro atoms. The Labute approximate surface area is 142 Å². The molecule has 1 aliphatic heterocycles. The lowest BCUT2D eigenvalue weighted by Gasteiger charge is -2.17. The van der Waals surface area contributed by atoms with Gasteiger partial charge in [-0.15, -0.1) is 0 Å². The molecule has 26 heavy (non-hydrogen) atoms. The molecular formula is C16H11F6NO3. The first-order chi connectivity index (χ1) is 12.1. The van der Waals surface area contributed by atoms with Crippen molar-refractivity contribution in [1.29, 1.82) is 0 Å². The van der Waals surface area contributed by atoms with Crippen LogP contribution in [0.5, 0.6) is 0 Å². The molecule has 1 aromatic heterocycles. The van der Waals surface area contributed by atoms with Gasteiger partial charge in [-0.3, -0.25) is 9.36 Å². The SMILES string of the molecule is O=C(c1ccccc1)n1cc(C(F)(F)F)c(C(F)(F)F)c1C1OCCO1. The van der Waals surface area contributed by atoms with Crippen molar-refractivity contribution in [2.75, 3.05) is 13.2 Å². The molecule has 2 aromatic rings. The summed E-state index contributed by atoms with van der Waals surface area (Å²) in [5.41, 5.74) is -5.05. The number of ether oxygens (including phenoxy) is 2. The van der Waals surface area contributed by atoms with Crippen LogP contribution in [0.15, 0.2) is 36.5 Å². The molecule has 0 radical (unpaired) electrons. The lowest BCUT2D eigenvalue weighted by atomic mass is 10.1. The predicted octanol–water partition coefficient (Wildman–Crippen LogP) is 4.26. The highest BCUT2D eigenvalue weighted by atomic mass is 19.4. The zero-order valence-electron chi connectivity index (χ0n) is 12.9. The van der Waals surface area contributed by atoms with E-state index in [-0.39, 0.29) is 25.0 Å². The minimum Gasteiger partial charge on any atom is -0.345 e. The molecule has 0 unspecified atom stereocenters. The van der Waals surface area contributed by atoms with E-state index in [1.54, 1.807) is 6.07 Å². The Bertz CT molecular complexity index is 804. The van der Waals surface area contributed by atoms with E-state index < -0.39 is 41.4 Å². The third kappa shape index (κ3) is 3.34. The van der Waals surface area contributed by atoms with Crippen LogP contribution in [0.3, 0.4) is 0 Å². The minimum absolute atomic E-state index is 0.0794. The Balaban J connectivity index is 2.26. The fraction of sp³-hybridized carbons (Fsp3) is 0.312. The van der Waals surface area contributed by atoms with E-state index in [0.717, 1.165) is 0 Å². The number of halogens is 6. The number of nitrogens with zero attached hydrogens (tertiary/aromatic N) is 1. The maximum Gasteiger partial charge on any atom is 0.418 e. The van der Waals surface area contributed by atoms with Crippen LogP contribution < -0.4 is 0 Å². The molecule has 1 saturated heterocycles. The summed E-state index contributed by atoms with van der Waals surface area (Å²) in [5, 5.41) is 0. The average molecular weight is 379 g/mol. The Morgan fingerprint density at radius 2 is 1.54 bits per heavy atom. The van der Waals surface area contributed by atoms with Crippen molar-refractivity contribution in [2.45, 2.75) is 18.6 Å². The van der Waals surface area contributed by atoms with Gasteiger partial charge in [-0.1, -0.05) is 18.2 Å². The number of carbonyl (C=O) groups is 1. The van der Waals surface area contributed by atoms with Crippen molar-refractivity contribution >= 4 is 5.91 Å². The molecule has 4 nitrogen and oxygen atoms in total. The Morgan fingerprint density at radius 3 is 2.04 bits per heavy atom. The van der Waals surface area contributed by atoms with Crippen LogP contribution in [0.25, 0.3) is 0 Å². The first-order valence-corrected chi connectivity index (χ1v) is 7.33. The normalized spacial score (nSPS) is 16.2. The molecule has 0 atom stereocenters. The number of hydrogen-bond donors (Lipinski definition) is 0. The molecule has 140 valence electrons. The van der Waals surface area contributed by atoms with Crippen molar-refractivity contribution in [2.24, 2.45) is 0 Å². The van der Waals surface area contributed by atoms with E-state index in [4.69, 9.17) is 9.47 Å². The predicted molar refractivity (Wildman–Crippen MR) is 75.3 cm³/mol. The Kier molecular flexibility index (Phi) is 4.57. The molecule has 1 aliphatic rings. The average Bonchev–Trinajstić information content (AvgIpc) is 3.20. The second-order valence-electron chi connectivity index (χ2n) is 5.41. The van der Waals surface area contributed by atoms with Crippen LogP contribution in [0.1, 0.15) is 33.5 Å². The van der Waals surface area contributed by atoms with Crippen LogP contribution in [0, 0.1) is 0 Å². The maximum absolute atomic E-state index is 13.4. The van der Waals surface area contributed by atoms with E-state index in [9.17, 15) is 31.1 Å². The lowest BCUT2D eigenvalue weighted by molar-refractivity contribution is -0.164. The van der Waals surface area contributed by atoms with Crippen molar-refractivity contribution in [1.82, 2.24) is 4.57 Å². The maximum atomic E-state index is 13.4. The van der Waals surface area contributed by atoms with E-state index in [1.807, 2.05) is 0 Å². The highest BCUT2D eigenvalue weighted by Gasteiger charge is 2.50. The molecule has 1 fully saturated rings.